The molecule has 0 spiro atoms. The molecular formula is C22H23ClN4O5S. The molecule has 2 aliphatic rings. The van der Waals surface area contributed by atoms with Gasteiger partial charge in [-0.05, 0) is 36.4 Å². The number of rotatable bonds is 5. The maximum atomic E-state index is 12.9. The summed E-state index contributed by atoms with van der Waals surface area (Å²) in [5, 5.41) is 5.83. The monoisotopic (exact) mass is 490 g/mol. The lowest BCUT2D eigenvalue weighted by Gasteiger charge is -2.27. The van der Waals surface area contributed by atoms with Crippen LogP contribution >= 0.6 is 22.9 Å². The van der Waals surface area contributed by atoms with Gasteiger partial charge in [-0.3, -0.25) is 19.2 Å². The van der Waals surface area contributed by atoms with Gasteiger partial charge >= 0.3 is 0 Å². The van der Waals surface area contributed by atoms with Gasteiger partial charge in [0.25, 0.3) is 17.7 Å². The smallest absolute Gasteiger partial charge is 0.261 e. The Hall–Kier alpha value is -2.95. The first-order chi connectivity index (χ1) is 15.8. The van der Waals surface area contributed by atoms with Gasteiger partial charge in [-0.15, -0.1) is 11.3 Å². The van der Waals surface area contributed by atoms with E-state index in [0.717, 1.165) is 11.3 Å². The number of carbonyl (C=O) groups is 4. The summed E-state index contributed by atoms with van der Waals surface area (Å²) in [4.78, 5) is 53.1. The minimum absolute atomic E-state index is 0.0430. The SMILES string of the molecule is CC(=O)N1C[C@H](NC(=O)c2ccc(N3CCOCC3=O)cc2)[C@H](NC(=O)c2ccc(Cl)s2)C1. The molecule has 2 saturated heterocycles. The number of ether oxygens (including phenoxy) is 1. The molecule has 3 heterocycles. The molecule has 33 heavy (non-hydrogen) atoms. The van der Waals surface area contributed by atoms with Crippen LogP contribution in [0, 0.1) is 0 Å². The Balaban J connectivity index is 1.43. The minimum Gasteiger partial charge on any atom is -0.370 e. The molecule has 0 unspecified atom stereocenters. The summed E-state index contributed by atoms with van der Waals surface area (Å²) in [6.45, 7) is 3.01. The predicted octanol–water partition coefficient (Wildman–Crippen LogP) is 1.52. The van der Waals surface area contributed by atoms with Gasteiger partial charge in [-0.1, -0.05) is 11.6 Å². The Morgan fingerprint density at radius 1 is 1.03 bits per heavy atom. The predicted molar refractivity (Wildman–Crippen MR) is 124 cm³/mol. The van der Waals surface area contributed by atoms with Crippen LogP contribution in [0.25, 0.3) is 0 Å². The van der Waals surface area contributed by atoms with E-state index in [4.69, 9.17) is 16.3 Å². The average molecular weight is 491 g/mol. The molecule has 0 aliphatic carbocycles. The van der Waals surface area contributed by atoms with Gasteiger partial charge in [0.15, 0.2) is 0 Å². The van der Waals surface area contributed by atoms with Crippen molar-refractivity contribution in [1.82, 2.24) is 15.5 Å². The molecule has 2 aromatic rings. The maximum Gasteiger partial charge on any atom is 0.261 e. The zero-order valence-electron chi connectivity index (χ0n) is 17.9. The zero-order valence-corrected chi connectivity index (χ0v) is 19.4. The standard InChI is InChI=1S/C22H23ClN4O5S/c1-13(28)26-10-16(17(11-26)25-22(31)18-6-7-19(23)33-18)24-21(30)14-2-4-15(5-3-14)27-8-9-32-12-20(27)29/h2-7,16-17H,8-12H2,1H3,(H,24,30)(H,25,31)/t16-,17+/m0/s1. The van der Waals surface area contributed by atoms with Gasteiger partial charge in [0.1, 0.15) is 6.61 Å². The van der Waals surface area contributed by atoms with E-state index in [-0.39, 0.29) is 36.8 Å². The van der Waals surface area contributed by atoms with Crippen molar-refractivity contribution < 1.29 is 23.9 Å². The summed E-state index contributed by atoms with van der Waals surface area (Å²) in [5.74, 6) is -0.895. The Bertz CT molecular complexity index is 1070. The van der Waals surface area contributed by atoms with Crippen molar-refractivity contribution in [3.05, 3.63) is 51.2 Å². The molecular weight excluding hydrogens is 468 g/mol. The van der Waals surface area contributed by atoms with E-state index in [1.165, 1.54) is 6.92 Å². The first-order valence-electron chi connectivity index (χ1n) is 10.4. The number of benzene rings is 1. The molecule has 1 aromatic heterocycles. The van der Waals surface area contributed by atoms with E-state index in [1.807, 2.05) is 0 Å². The largest absolute Gasteiger partial charge is 0.370 e. The molecule has 0 radical (unpaired) electrons. The van der Waals surface area contributed by atoms with E-state index in [2.05, 4.69) is 10.6 Å². The highest BCUT2D eigenvalue weighted by Crippen LogP contribution is 2.22. The van der Waals surface area contributed by atoms with Gasteiger partial charge in [0.2, 0.25) is 5.91 Å². The Morgan fingerprint density at radius 3 is 2.27 bits per heavy atom. The quantitative estimate of drug-likeness (QED) is 0.660. The molecule has 11 heteroatoms. The summed E-state index contributed by atoms with van der Waals surface area (Å²) in [6, 6.07) is 9.10. The van der Waals surface area contributed by atoms with Gasteiger partial charge in [0, 0.05) is 37.8 Å². The lowest BCUT2D eigenvalue weighted by molar-refractivity contribution is -0.128. The molecule has 1 aromatic carbocycles. The molecule has 2 atom stereocenters. The first kappa shape index (κ1) is 23.2. The summed E-state index contributed by atoms with van der Waals surface area (Å²) < 4.78 is 5.65. The van der Waals surface area contributed by atoms with Crippen molar-refractivity contribution in [2.75, 3.05) is 37.7 Å². The van der Waals surface area contributed by atoms with Crippen molar-refractivity contribution in [1.29, 1.82) is 0 Å². The third-order valence-corrected chi connectivity index (χ3v) is 6.85. The van der Waals surface area contributed by atoms with Crippen LogP contribution in [-0.4, -0.2) is 73.5 Å². The van der Waals surface area contributed by atoms with Crippen molar-refractivity contribution in [3.63, 3.8) is 0 Å². The third-order valence-electron chi connectivity index (χ3n) is 5.62. The number of likely N-dealkylation sites (tertiary alicyclic amines) is 1. The second-order valence-electron chi connectivity index (χ2n) is 7.83. The molecule has 4 rings (SSSR count). The van der Waals surface area contributed by atoms with Crippen LogP contribution in [0.4, 0.5) is 5.69 Å². The van der Waals surface area contributed by atoms with Gasteiger partial charge in [0.05, 0.1) is 27.9 Å². The summed E-state index contributed by atoms with van der Waals surface area (Å²) in [5.41, 5.74) is 1.11. The maximum absolute atomic E-state index is 12.9. The zero-order chi connectivity index (χ0) is 23.5. The summed E-state index contributed by atoms with van der Waals surface area (Å²) in [7, 11) is 0. The van der Waals surface area contributed by atoms with Crippen molar-refractivity contribution >= 4 is 52.3 Å². The topological polar surface area (TPSA) is 108 Å². The van der Waals surface area contributed by atoms with Crippen LogP contribution < -0.4 is 15.5 Å². The highest BCUT2D eigenvalue weighted by Gasteiger charge is 2.36. The Kier molecular flexibility index (Phi) is 6.96. The number of hydrogen-bond acceptors (Lipinski definition) is 6. The first-order valence-corrected chi connectivity index (χ1v) is 11.6. The van der Waals surface area contributed by atoms with Crippen LogP contribution in [0.15, 0.2) is 36.4 Å². The lowest BCUT2D eigenvalue weighted by atomic mass is 10.1. The van der Waals surface area contributed by atoms with Gasteiger partial charge < -0.3 is 25.2 Å². The van der Waals surface area contributed by atoms with E-state index in [0.29, 0.717) is 40.2 Å². The molecule has 2 aliphatic heterocycles. The number of morpholine rings is 1. The molecule has 174 valence electrons. The van der Waals surface area contributed by atoms with Crippen molar-refractivity contribution in [3.8, 4) is 0 Å². The number of halogens is 1. The number of carbonyl (C=O) groups excluding carboxylic acids is 4. The minimum atomic E-state index is -0.457. The lowest BCUT2D eigenvalue weighted by Crippen LogP contribution is -2.50. The van der Waals surface area contributed by atoms with E-state index in [9.17, 15) is 19.2 Å². The number of nitrogens with zero attached hydrogens (tertiary/aromatic N) is 2. The normalized spacial score (nSPS) is 20.6. The number of nitrogens with one attached hydrogen (secondary N) is 2. The van der Waals surface area contributed by atoms with Crippen molar-refractivity contribution in [2.24, 2.45) is 0 Å². The Labute approximate surface area is 199 Å². The molecule has 0 bridgehead atoms. The van der Waals surface area contributed by atoms with E-state index < -0.39 is 12.1 Å². The highest BCUT2D eigenvalue weighted by atomic mass is 35.5. The van der Waals surface area contributed by atoms with Gasteiger partial charge in [-0.25, -0.2) is 0 Å². The second kappa shape index (κ2) is 9.90. The fourth-order valence-electron chi connectivity index (χ4n) is 3.86. The fourth-order valence-corrected chi connectivity index (χ4v) is 4.81. The van der Waals surface area contributed by atoms with Gasteiger partial charge in [-0.2, -0.15) is 0 Å². The van der Waals surface area contributed by atoms with E-state index >= 15 is 0 Å². The molecule has 9 nitrogen and oxygen atoms in total. The van der Waals surface area contributed by atoms with Crippen LogP contribution in [0.1, 0.15) is 27.0 Å². The van der Waals surface area contributed by atoms with E-state index in [1.54, 1.807) is 46.2 Å². The van der Waals surface area contributed by atoms with Crippen LogP contribution in [0.3, 0.4) is 0 Å². The van der Waals surface area contributed by atoms with Crippen molar-refractivity contribution in [2.45, 2.75) is 19.0 Å². The highest BCUT2D eigenvalue weighted by molar-refractivity contribution is 7.18. The summed E-state index contributed by atoms with van der Waals surface area (Å²) in [6.07, 6.45) is 0. The average Bonchev–Trinajstić information content (AvgIpc) is 3.41. The molecule has 0 saturated carbocycles. The van der Waals surface area contributed by atoms with Crippen LogP contribution in [0.2, 0.25) is 4.34 Å². The molecule has 2 N–H and O–H groups in total. The van der Waals surface area contributed by atoms with Crippen LogP contribution in [0.5, 0.6) is 0 Å². The number of anilines is 1. The Morgan fingerprint density at radius 2 is 1.70 bits per heavy atom. The second-order valence-corrected chi connectivity index (χ2v) is 9.55. The summed E-state index contributed by atoms with van der Waals surface area (Å²) >= 11 is 7.08. The molecule has 4 amide bonds. The fraction of sp³-hybridized carbons (Fsp3) is 0.364. The number of thiophene rings is 1. The van der Waals surface area contributed by atoms with Crippen LogP contribution in [-0.2, 0) is 14.3 Å². The molecule has 2 fully saturated rings. The third kappa shape index (κ3) is 5.35. The number of hydrogen-bond donors (Lipinski definition) is 2. The number of amides is 4.